The molecule has 2 rings (SSSR count). The lowest BCUT2D eigenvalue weighted by Gasteiger charge is -2.27. The molecule has 1 aliphatic heterocycles. The first-order valence-electron chi connectivity index (χ1n) is 5.53. The van der Waals surface area contributed by atoms with Gasteiger partial charge in [0, 0.05) is 23.8 Å². The molecule has 2 N–H and O–H groups in total. The zero-order chi connectivity index (χ0) is 11.5. The van der Waals surface area contributed by atoms with E-state index in [0.717, 1.165) is 31.8 Å². The summed E-state index contributed by atoms with van der Waals surface area (Å²) in [6, 6.07) is 0. The largest absolute Gasteiger partial charge is 0.491 e. The second kappa shape index (κ2) is 4.90. The lowest BCUT2D eigenvalue weighted by atomic mass is 9.83. The van der Waals surface area contributed by atoms with E-state index in [4.69, 9.17) is 10.0 Å². The van der Waals surface area contributed by atoms with E-state index in [0.29, 0.717) is 11.4 Å². The van der Waals surface area contributed by atoms with Crippen molar-refractivity contribution in [3.8, 4) is 0 Å². The highest BCUT2D eigenvalue weighted by atomic mass is 16.4. The Balaban J connectivity index is 2.04. The van der Waals surface area contributed by atoms with Crippen LogP contribution < -0.4 is 5.46 Å². The van der Waals surface area contributed by atoms with Crippen molar-refractivity contribution in [1.82, 2.24) is 14.9 Å². The van der Waals surface area contributed by atoms with Crippen molar-refractivity contribution in [2.75, 3.05) is 20.1 Å². The fourth-order valence-corrected chi connectivity index (χ4v) is 1.96. The van der Waals surface area contributed by atoms with Crippen molar-refractivity contribution in [2.24, 2.45) is 0 Å². The first-order chi connectivity index (χ1) is 7.66. The summed E-state index contributed by atoms with van der Waals surface area (Å²) < 4.78 is 0. The van der Waals surface area contributed by atoms with Crippen LogP contribution in [0.15, 0.2) is 12.4 Å². The molecule has 0 spiro atoms. The van der Waals surface area contributed by atoms with Gasteiger partial charge in [-0.2, -0.15) is 0 Å². The maximum Gasteiger partial charge on any atom is 0.491 e. The molecule has 1 saturated heterocycles. The van der Waals surface area contributed by atoms with Gasteiger partial charge in [0.15, 0.2) is 0 Å². The highest BCUT2D eigenvalue weighted by molar-refractivity contribution is 6.58. The van der Waals surface area contributed by atoms with Gasteiger partial charge in [-0.3, -0.25) is 0 Å². The van der Waals surface area contributed by atoms with Crippen molar-refractivity contribution < 1.29 is 10.0 Å². The third-order valence-corrected chi connectivity index (χ3v) is 3.07. The van der Waals surface area contributed by atoms with Crippen LogP contribution in [0.25, 0.3) is 0 Å². The number of piperidine rings is 1. The van der Waals surface area contributed by atoms with E-state index in [9.17, 15) is 0 Å². The summed E-state index contributed by atoms with van der Waals surface area (Å²) in [5.41, 5.74) is 0.344. The first-order valence-corrected chi connectivity index (χ1v) is 5.53. The third-order valence-electron chi connectivity index (χ3n) is 3.07. The molecule has 5 nitrogen and oxygen atoms in total. The summed E-state index contributed by atoms with van der Waals surface area (Å²) in [5.74, 6) is 1.22. The Hall–Kier alpha value is -0.975. The molecular weight excluding hydrogens is 205 g/mol. The molecule has 1 aliphatic rings. The van der Waals surface area contributed by atoms with Gasteiger partial charge in [0.05, 0.1) is 0 Å². The minimum absolute atomic E-state index is 0.344. The fourth-order valence-electron chi connectivity index (χ4n) is 1.96. The van der Waals surface area contributed by atoms with Crippen LogP contribution in [0, 0.1) is 0 Å². The van der Waals surface area contributed by atoms with Gasteiger partial charge in [-0.25, -0.2) is 9.97 Å². The van der Waals surface area contributed by atoms with E-state index in [2.05, 4.69) is 21.9 Å². The highest BCUT2D eigenvalue weighted by Gasteiger charge is 2.21. The smallest absolute Gasteiger partial charge is 0.423 e. The average Bonchev–Trinajstić information content (AvgIpc) is 2.30. The van der Waals surface area contributed by atoms with Crippen LogP contribution in [-0.4, -0.2) is 52.2 Å². The summed E-state index contributed by atoms with van der Waals surface area (Å²) in [7, 11) is 0.633. The molecule has 0 unspecified atom stereocenters. The summed E-state index contributed by atoms with van der Waals surface area (Å²) in [6.07, 6.45) is 5.12. The first kappa shape index (κ1) is 11.5. The van der Waals surface area contributed by atoms with Crippen LogP contribution in [-0.2, 0) is 0 Å². The minimum atomic E-state index is -1.48. The SMILES string of the molecule is CN1CCC(c2ncc(B(O)O)cn2)CC1. The van der Waals surface area contributed by atoms with Gasteiger partial charge < -0.3 is 14.9 Å². The van der Waals surface area contributed by atoms with Crippen LogP contribution in [0.4, 0.5) is 0 Å². The van der Waals surface area contributed by atoms with Crippen molar-refractivity contribution in [2.45, 2.75) is 18.8 Å². The third kappa shape index (κ3) is 2.58. The number of hydrogen-bond donors (Lipinski definition) is 2. The van der Waals surface area contributed by atoms with Gasteiger partial charge in [0.25, 0.3) is 0 Å². The van der Waals surface area contributed by atoms with Crippen LogP contribution in [0.5, 0.6) is 0 Å². The second-order valence-electron chi connectivity index (χ2n) is 4.33. The number of nitrogens with zero attached hydrogens (tertiary/aromatic N) is 3. The molecule has 6 heteroatoms. The van der Waals surface area contributed by atoms with Gasteiger partial charge >= 0.3 is 7.12 Å². The molecule has 16 heavy (non-hydrogen) atoms. The summed E-state index contributed by atoms with van der Waals surface area (Å²) >= 11 is 0. The molecule has 0 aromatic carbocycles. The topological polar surface area (TPSA) is 69.5 Å². The molecule has 86 valence electrons. The zero-order valence-corrected chi connectivity index (χ0v) is 9.37. The van der Waals surface area contributed by atoms with Gasteiger partial charge in [-0.15, -0.1) is 0 Å². The Labute approximate surface area is 95.3 Å². The second-order valence-corrected chi connectivity index (χ2v) is 4.33. The monoisotopic (exact) mass is 221 g/mol. The summed E-state index contributed by atoms with van der Waals surface area (Å²) in [6.45, 7) is 2.14. The molecule has 0 bridgehead atoms. The Morgan fingerprint density at radius 3 is 2.31 bits per heavy atom. The standard InChI is InChI=1S/C10H16BN3O2/c1-14-4-2-8(3-5-14)10-12-6-9(7-13-10)11(15)16/h6-8,15-16H,2-5H2,1H3. The van der Waals surface area contributed by atoms with Gasteiger partial charge in [0.1, 0.15) is 5.82 Å². The Morgan fingerprint density at radius 2 is 1.81 bits per heavy atom. The van der Waals surface area contributed by atoms with Crippen LogP contribution in [0.2, 0.25) is 0 Å². The van der Waals surface area contributed by atoms with Crippen molar-refractivity contribution in [3.05, 3.63) is 18.2 Å². The van der Waals surface area contributed by atoms with E-state index in [1.165, 1.54) is 12.4 Å². The van der Waals surface area contributed by atoms with Gasteiger partial charge in [0.2, 0.25) is 0 Å². The summed E-state index contributed by atoms with van der Waals surface area (Å²) in [5, 5.41) is 17.9. The normalized spacial score (nSPS) is 18.7. The predicted octanol–water partition coefficient (Wildman–Crippen LogP) is -1.03. The quantitative estimate of drug-likeness (QED) is 0.624. The van der Waals surface area contributed by atoms with Crippen LogP contribution in [0.1, 0.15) is 24.6 Å². The molecule has 0 aliphatic carbocycles. The van der Waals surface area contributed by atoms with Crippen LogP contribution in [0.3, 0.4) is 0 Å². The highest BCUT2D eigenvalue weighted by Crippen LogP contribution is 2.23. The van der Waals surface area contributed by atoms with Crippen molar-refractivity contribution in [3.63, 3.8) is 0 Å². The molecule has 1 aromatic rings. The Kier molecular flexibility index (Phi) is 3.53. The van der Waals surface area contributed by atoms with Gasteiger partial charge in [-0.05, 0) is 33.0 Å². The zero-order valence-electron chi connectivity index (χ0n) is 9.37. The molecule has 0 amide bonds. The Bertz CT molecular complexity index is 336. The fraction of sp³-hybridized carbons (Fsp3) is 0.600. The Morgan fingerprint density at radius 1 is 1.25 bits per heavy atom. The molecule has 1 fully saturated rings. The maximum atomic E-state index is 8.93. The van der Waals surface area contributed by atoms with Crippen molar-refractivity contribution in [1.29, 1.82) is 0 Å². The van der Waals surface area contributed by atoms with E-state index in [1.54, 1.807) is 0 Å². The number of rotatable bonds is 2. The minimum Gasteiger partial charge on any atom is -0.423 e. The van der Waals surface area contributed by atoms with E-state index in [1.807, 2.05) is 0 Å². The van der Waals surface area contributed by atoms with E-state index >= 15 is 0 Å². The maximum absolute atomic E-state index is 8.93. The molecule has 1 aromatic heterocycles. The van der Waals surface area contributed by atoms with Crippen molar-refractivity contribution >= 4 is 12.6 Å². The number of aromatic nitrogens is 2. The predicted molar refractivity (Wildman–Crippen MR) is 61.3 cm³/mol. The number of hydrogen-bond acceptors (Lipinski definition) is 5. The average molecular weight is 221 g/mol. The lowest BCUT2D eigenvalue weighted by Crippen LogP contribution is -2.32. The van der Waals surface area contributed by atoms with E-state index < -0.39 is 7.12 Å². The molecule has 0 radical (unpaired) electrons. The molecule has 0 atom stereocenters. The number of likely N-dealkylation sites (tertiary alicyclic amines) is 1. The van der Waals surface area contributed by atoms with E-state index in [-0.39, 0.29) is 0 Å². The molecular formula is C10H16BN3O2. The summed E-state index contributed by atoms with van der Waals surface area (Å²) in [4.78, 5) is 10.7. The van der Waals surface area contributed by atoms with Gasteiger partial charge in [-0.1, -0.05) is 0 Å². The molecule has 2 heterocycles. The molecule has 0 saturated carbocycles. The lowest BCUT2D eigenvalue weighted by molar-refractivity contribution is 0.251. The van der Waals surface area contributed by atoms with Crippen LogP contribution >= 0.6 is 0 Å².